The van der Waals surface area contributed by atoms with Gasteiger partial charge >= 0.3 is 0 Å². The molecule has 0 amide bonds. The van der Waals surface area contributed by atoms with Gasteiger partial charge in [-0.15, -0.1) is 0 Å². The molecular weight excluding hydrogens is 216 g/mol. The molecular formula is C13H22N2O2. The van der Waals surface area contributed by atoms with E-state index in [1.807, 2.05) is 33.9 Å². The first-order chi connectivity index (χ1) is 7.99. The Labute approximate surface area is 103 Å². The van der Waals surface area contributed by atoms with E-state index >= 15 is 0 Å². The lowest BCUT2D eigenvalue weighted by Gasteiger charge is -2.28. The Morgan fingerprint density at radius 2 is 2.06 bits per heavy atom. The van der Waals surface area contributed by atoms with Crippen molar-refractivity contribution in [1.29, 1.82) is 0 Å². The number of hydrogen-bond donors (Lipinski definition) is 0. The molecule has 0 saturated carbocycles. The van der Waals surface area contributed by atoms with E-state index in [4.69, 9.17) is 4.74 Å². The Bertz CT molecular complexity index is 384. The minimum Gasteiger partial charge on any atom is -0.370 e. The lowest BCUT2D eigenvalue weighted by atomic mass is 9.89. The molecule has 0 aromatic carbocycles. The third-order valence-electron chi connectivity index (χ3n) is 3.48. The average Bonchev–Trinajstić information content (AvgIpc) is 2.61. The van der Waals surface area contributed by atoms with Crippen molar-refractivity contribution in [3.05, 3.63) is 17.5 Å². The fourth-order valence-electron chi connectivity index (χ4n) is 2.20. The van der Waals surface area contributed by atoms with E-state index in [1.165, 1.54) is 0 Å². The van der Waals surface area contributed by atoms with Crippen molar-refractivity contribution in [2.24, 2.45) is 7.05 Å². The Morgan fingerprint density at radius 1 is 1.47 bits per heavy atom. The third kappa shape index (κ3) is 2.75. The molecule has 0 radical (unpaired) electrons. The van der Waals surface area contributed by atoms with Crippen molar-refractivity contribution in [3.63, 3.8) is 0 Å². The van der Waals surface area contributed by atoms with Crippen LogP contribution in [0.3, 0.4) is 0 Å². The largest absolute Gasteiger partial charge is 0.370 e. The van der Waals surface area contributed by atoms with E-state index in [0.29, 0.717) is 19.3 Å². The maximum atomic E-state index is 12.3. The number of ketones is 1. The monoisotopic (exact) mass is 238 g/mol. The second kappa shape index (κ2) is 5.45. The standard InChI is InChI=1S/C13H22N2O2/c1-6-13(7-2,17-5)12(16)9-11-8-10(3)14-15(11)4/h8H,6-7,9H2,1-5H3. The number of carbonyl (C=O) groups is 1. The molecule has 4 nitrogen and oxygen atoms in total. The van der Waals surface area contributed by atoms with Crippen LogP contribution in [-0.4, -0.2) is 28.3 Å². The number of ether oxygens (including phenoxy) is 1. The zero-order valence-corrected chi connectivity index (χ0v) is 11.4. The lowest BCUT2D eigenvalue weighted by Crippen LogP contribution is -2.40. The molecule has 1 heterocycles. The second-order valence-electron chi connectivity index (χ2n) is 4.41. The molecule has 0 unspecified atom stereocenters. The first-order valence-corrected chi connectivity index (χ1v) is 6.07. The number of nitrogens with zero attached hydrogens (tertiary/aromatic N) is 2. The zero-order chi connectivity index (χ0) is 13.1. The molecule has 1 aromatic heterocycles. The molecule has 0 aliphatic heterocycles. The van der Waals surface area contributed by atoms with Gasteiger partial charge in [-0.2, -0.15) is 5.10 Å². The molecule has 0 fully saturated rings. The summed E-state index contributed by atoms with van der Waals surface area (Å²) >= 11 is 0. The van der Waals surface area contributed by atoms with E-state index in [0.717, 1.165) is 11.4 Å². The summed E-state index contributed by atoms with van der Waals surface area (Å²) in [6.07, 6.45) is 1.79. The van der Waals surface area contributed by atoms with E-state index in [2.05, 4.69) is 5.10 Å². The maximum Gasteiger partial charge on any atom is 0.170 e. The van der Waals surface area contributed by atoms with Gasteiger partial charge in [0.05, 0.1) is 12.1 Å². The van der Waals surface area contributed by atoms with Gasteiger partial charge in [-0.25, -0.2) is 0 Å². The number of Topliss-reactive ketones (excluding diaryl/α,β-unsaturated/α-hetero) is 1. The van der Waals surface area contributed by atoms with Crippen LogP contribution in [0.15, 0.2) is 6.07 Å². The summed E-state index contributed by atoms with van der Waals surface area (Å²) in [7, 11) is 3.47. The van der Waals surface area contributed by atoms with Gasteiger partial charge < -0.3 is 4.74 Å². The van der Waals surface area contributed by atoms with Gasteiger partial charge in [-0.3, -0.25) is 9.48 Å². The lowest BCUT2D eigenvalue weighted by molar-refractivity contribution is -0.141. The smallest absolute Gasteiger partial charge is 0.170 e. The summed E-state index contributed by atoms with van der Waals surface area (Å²) in [5.41, 5.74) is 1.24. The molecule has 0 aliphatic carbocycles. The molecule has 4 heteroatoms. The highest BCUT2D eigenvalue weighted by Gasteiger charge is 2.34. The summed E-state index contributed by atoms with van der Waals surface area (Å²) < 4.78 is 7.20. The maximum absolute atomic E-state index is 12.3. The van der Waals surface area contributed by atoms with E-state index in [-0.39, 0.29) is 5.78 Å². The number of hydrogen-bond acceptors (Lipinski definition) is 3. The van der Waals surface area contributed by atoms with Gasteiger partial charge in [-0.1, -0.05) is 13.8 Å². The van der Waals surface area contributed by atoms with Crippen LogP contribution >= 0.6 is 0 Å². The Balaban J connectivity index is 2.88. The molecule has 0 bridgehead atoms. The SMILES string of the molecule is CCC(CC)(OC)C(=O)Cc1cc(C)nn1C. The number of aromatic nitrogens is 2. The number of carbonyl (C=O) groups excluding carboxylic acids is 1. The number of methoxy groups -OCH3 is 1. The summed E-state index contributed by atoms with van der Waals surface area (Å²) in [6.45, 7) is 5.90. The molecule has 0 N–H and O–H groups in total. The predicted molar refractivity (Wildman–Crippen MR) is 67.0 cm³/mol. The number of aryl methyl sites for hydroxylation is 2. The average molecular weight is 238 g/mol. The Hall–Kier alpha value is -1.16. The van der Waals surface area contributed by atoms with Crippen LogP contribution in [0, 0.1) is 6.92 Å². The van der Waals surface area contributed by atoms with E-state index in [9.17, 15) is 4.79 Å². The first kappa shape index (κ1) is 13.9. The highest BCUT2D eigenvalue weighted by Crippen LogP contribution is 2.22. The normalized spacial score (nSPS) is 11.8. The van der Waals surface area contributed by atoms with Crippen LogP contribution in [0.1, 0.15) is 38.1 Å². The van der Waals surface area contributed by atoms with Crippen LogP contribution in [0.25, 0.3) is 0 Å². The third-order valence-corrected chi connectivity index (χ3v) is 3.48. The van der Waals surface area contributed by atoms with Gasteiger partial charge in [0.2, 0.25) is 0 Å². The van der Waals surface area contributed by atoms with Crippen molar-refractivity contribution in [1.82, 2.24) is 9.78 Å². The fourth-order valence-corrected chi connectivity index (χ4v) is 2.20. The van der Waals surface area contributed by atoms with Crippen molar-refractivity contribution in [3.8, 4) is 0 Å². The molecule has 96 valence electrons. The van der Waals surface area contributed by atoms with Crippen LogP contribution in [-0.2, 0) is 23.0 Å². The predicted octanol–water partition coefficient (Wildman–Crippen LogP) is 2.05. The summed E-state index contributed by atoms with van der Waals surface area (Å²) in [5, 5.41) is 4.25. The van der Waals surface area contributed by atoms with Crippen molar-refractivity contribution in [2.45, 2.75) is 45.6 Å². The number of rotatable bonds is 6. The van der Waals surface area contributed by atoms with E-state index < -0.39 is 5.60 Å². The Morgan fingerprint density at radius 3 is 2.41 bits per heavy atom. The molecule has 0 spiro atoms. The van der Waals surface area contributed by atoms with E-state index in [1.54, 1.807) is 11.8 Å². The van der Waals surface area contributed by atoms with Crippen molar-refractivity contribution < 1.29 is 9.53 Å². The van der Waals surface area contributed by atoms with Crippen LogP contribution < -0.4 is 0 Å². The molecule has 0 aliphatic rings. The van der Waals surface area contributed by atoms with Gasteiger partial charge in [-0.05, 0) is 25.8 Å². The highest BCUT2D eigenvalue weighted by molar-refractivity contribution is 5.88. The molecule has 0 saturated heterocycles. The summed E-state index contributed by atoms with van der Waals surface area (Å²) in [6, 6.07) is 1.95. The first-order valence-electron chi connectivity index (χ1n) is 6.07. The summed E-state index contributed by atoms with van der Waals surface area (Å²) in [4.78, 5) is 12.3. The van der Waals surface area contributed by atoms with Gasteiger partial charge in [0, 0.05) is 19.9 Å². The quantitative estimate of drug-likeness (QED) is 0.762. The minimum absolute atomic E-state index is 0.132. The Kier molecular flexibility index (Phi) is 4.46. The second-order valence-corrected chi connectivity index (χ2v) is 4.41. The fraction of sp³-hybridized carbons (Fsp3) is 0.692. The molecule has 1 rings (SSSR count). The van der Waals surface area contributed by atoms with Crippen LogP contribution in [0.2, 0.25) is 0 Å². The van der Waals surface area contributed by atoms with Gasteiger partial charge in [0.25, 0.3) is 0 Å². The zero-order valence-electron chi connectivity index (χ0n) is 11.4. The van der Waals surface area contributed by atoms with Gasteiger partial charge in [0.15, 0.2) is 5.78 Å². The van der Waals surface area contributed by atoms with Crippen LogP contribution in [0.4, 0.5) is 0 Å². The van der Waals surface area contributed by atoms with Crippen molar-refractivity contribution in [2.75, 3.05) is 7.11 Å². The van der Waals surface area contributed by atoms with Crippen LogP contribution in [0.5, 0.6) is 0 Å². The molecule has 0 atom stereocenters. The highest BCUT2D eigenvalue weighted by atomic mass is 16.5. The van der Waals surface area contributed by atoms with Gasteiger partial charge in [0.1, 0.15) is 5.60 Å². The molecule has 17 heavy (non-hydrogen) atoms. The molecule has 1 aromatic rings. The topological polar surface area (TPSA) is 44.1 Å². The minimum atomic E-state index is -0.641. The van der Waals surface area contributed by atoms with Crippen molar-refractivity contribution >= 4 is 5.78 Å². The summed E-state index contributed by atoms with van der Waals surface area (Å²) in [5.74, 6) is 0.132.